The van der Waals surface area contributed by atoms with E-state index in [4.69, 9.17) is 5.26 Å². The van der Waals surface area contributed by atoms with E-state index >= 15 is 0 Å². The van der Waals surface area contributed by atoms with E-state index in [0.29, 0.717) is 30.4 Å². The van der Waals surface area contributed by atoms with Gasteiger partial charge in [0, 0.05) is 30.9 Å². The first kappa shape index (κ1) is 17.8. The number of hydrogen-bond acceptors (Lipinski definition) is 8. The van der Waals surface area contributed by atoms with E-state index in [1.165, 1.54) is 12.3 Å². The average molecular weight is 361 g/mol. The van der Waals surface area contributed by atoms with Crippen molar-refractivity contribution in [2.45, 2.75) is 0 Å². The number of nitro groups is 1. The number of nitrogens with one attached hydrogen (secondary N) is 2. The Kier molecular flexibility index (Phi) is 5.49. The van der Waals surface area contributed by atoms with Gasteiger partial charge in [-0.05, 0) is 24.3 Å². The predicted octanol–water partition coefficient (Wildman–Crippen LogP) is 2.84. The van der Waals surface area contributed by atoms with Gasteiger partial charge >= 0.3 is 0 Å². The Morgan fingerprint density at radius 1 is 1.04 bits per heavy atom. The zero-order valence-corrected chi connectivity index (χ0v) is 14.2. The molecular weight excluding hydrogens is 346 g/mol. The summed E-state index contributed by atoms with van der Waals surface area (Å²) < 4.78 is 0. The fourth-order valence-corrected chi connectivity index (χ4v) is 2.28. The van der Waals surface area contributed by atoms with Crippen LogP contribution in [0.5, 0.6) is 0 Å². The molecule has 2 N–H and O–H groups in total. The van der Waals surface area contributed by atoms with Crippen LogP contribution >= 0.6 is 0 Å². The van der Waals surface area contributed by atoms with Crippen molar-refractivity contribution in [3.05, 3.63) is 70.5 Å². The van der Waals surface area contributed by atoms with Crippen LogP contribution in [0.2, 0.25) is 0 Å². The van der Waals surface area contributed by atoms with Crippen molar-refractivity contribution >= 4 is 17.5 Å². The van der Waals surface area contributed by atoms with Crippen LogP contribution < -0.4 is 10.6 Å². The summed E-state index contributed by atoms with van der Waals surface area (Å²) in [5.74, 6) is 1.03. The third-order valence-electron chi connectivity index (χ3n) is 3.64. The van der Waals surface area contributed by atoms with Gasteiger partial charge in [-0.3, -0.25) is 10.1 Å². The maximum Gasteiger partial charge on any atom is 0.287 e. The van der Waals surface area contributed by atoms with E-state index in [0.717, 1.165) is 11.3 Å². The second kappa shape index (κ2) is 8.35. The minimum Gasteiger partial charge on any atom is -0.368 e. The van der Waals surface area contributed by atoms with Crippen LogP contribution in [-0.4, -0.2) is 33.0 Å². The summed E-state index contributed by atoms with van der Waals surface area (Å²) in [4.78, 5) is 22.7. The van der Waals surface area contributed by atoms with Crippen LogP contribution in [0.1, 0.15) is 5.56 Å². The van der Waals surface area contributed by atoms with Crippen LogP contribution in [0.25, 0.3) is 11.3 Å². The molecule has 27 heavy (non-hydrogen) atoms. The zero-order valence-electron chi connectivity index (χ0n) is 14.2. The summed E-state index contributed by atoms with van der Waals surface area (Å²) >= 11 is 0. The Bertz CT molecular complexity index is 966. The minimum atomic E-state index is -0.490. The van der Waals surface area contributed by atoms with Crippen LogP contribution in [-0.2, 0) is 0 Å². The maximum atomic E-state index is 10.6. The van der Waals surface area contributed by atoms with Gasteiger partial charge in [-0.2, -0.15) is 5.26 Å². The van der Waals surface area contributed by atoms with Gasteiger partial charge in [-0.25, -0.2) is 15.0 Å². The molecule has 3 rings (SSSR count). The number of hydrogen-bond donors (Lipinski definition) is 2. The van der Waals surface area contributed by atoms with Gasteiger partial charge in [0.25, 0.3) is 5.69 Å². The van der Waals surface area contributed by atoms with Crippen molar-refractivity contribution < 1.29 is 4.92 Å². The Labute approximate surface area is 154 Å². The number of nitriles is 1. The second-order valence-electron chi connectivity index (χ2n) is 5.47. The molecule has 134 valence electrons. The van der Waals surface area contributed by atoms with Gasteiger partial charge in [0.15, 0.2) is 0 Å². The van der Waals surface area contributed by atoms with Gasteiger partial charge in [0.05, 0.1) is 22.2 Å². The number of rotatable bonds is 7. The quantitative estimate of drug-likeness (QED) is 0.373. The SMILES string of the molecule is N#Cc1ccc(-c2ccnc(NCCNc3ccc([N+](=O)[O-])cn3)n2)cc1. The van der Waals surface area contributed by atoms with Crippen molar-refractivity contribution in [3.8, 4) is 17.3 Å². The molecule has 0 aliphatic carbocycles. The van der Waals surface area contributed by atoms with Crippen LogP contribution in [0.4, 0.5) is 17.5 Å². The fraction of sp³-hybridized carbons (Fsp3) is 0.111. The Morgan fingerprint density at radius 3 is 2.48 bits per heavy atom. The lowest BCUT2D eigenvalue weighted by Gasteiger charge is -2.08. The number of nitrogens with zero attached hydrogens (tertiary/aromatic N) is 5. The summed E-state index contributed by atoms with van der Waals surface area (Å²) in [6, 6.07) is 14.0. The first-order valence-electron chi connectivity index (χ1n) is 8.07. The summed E-state index contributed by atoms with van der Waals surface area (Å²) in [5, 5.41) is 25.6. The highest BCUT2D eigenvalue weighted by Gasteiger charge is 2.05. The normalized spacial score (nSPS) is 10.0. The van der Waals surface area contributed by atoms with Crippen molar-refractivity contribution in [2.75, 3.05) is 23.7 Å². The van der Waals surface area contributed by atoms with Crippen molar-refractivity contribution in [1.82, 2.24) is 15.0 Å². The smallest absolute Gasteiger partial charge is 0.287 e. The molecule has 0 saturated carbocycles. The Hall–Kier alpha value is -4.06. The topological polar surface area (TPSA) is 130 Å². The lowest BCUT2D eigenvalue weighted by Crippen LogP contribution is -2.15. The molecule has 9 nitrogen and oxygen atoms in total. The summed E-state index contributed by atoms with van der Waals surface area (Å²) in [7, 11) is 0. The third-order valence-corrected chi connectivity index (χ3v) is 3.64. The monoisotopic (exact) mass is 361 g/mol. The van der Waals surface area contributed by atoms with E-state index in [9.17, 15) is 10.1 Å². The van der Waals surface area contributed by atoms with Crippen LogP contribution in [0.15, 0.2) is 54.9 Å². The van der Waals surface area contributed by atoms with Gasteiger partial charge in [0.2, 0.25) is 5.95 Å². The molecule has 0 unspecified atom stereocenters. The molecule has 0 spiro atoms. The molecule has 2 heterocycles. The highest BCUT2D eigenvalue weighted by molar-refractivity contribution is 5.61. The van der Waals surface area contributed by atoms with E-state index in [1.807, 2.05) is 12.1 Å². The van der Waals surface area contributed by atoms with Gasteiger partial charge in [-0.15, -0.1) is 0 Å². The first-order valence-corrected chi connectivity index (χ1v) is 8.07. The second-order valence-corrected chi connectivity index (χ2v) is 5.47. The number of aromatic nitrogens is 3. The van der Waals surface area contributed by atoms with E-state index in [2.05, 4.69) is 31.7 Å². The summed E-state index contributed by atoms with van der Waals surface area (Å²) in [6.45, 7) is 1.07. The van der Waals surface area contributed by atoms with Gasteiger partial charge in [-0.1, -0.05) is 12.1 Å². The standard InChI is InChI=1S/C18H15N7O2/c19-11-13-1-3-14(4-2-13)16-7-8-21-18(24-16)22-10-9-20-17-6-5-15(12-23-17)25(26)27/h1-8,12H,9-10H2,(H,20,23)(H,21,22,24). The van der Waals surface area contributed by atoms with Crippen LogP contribution in [0.3, 0.4) is 0 Å². The number of benzene rings is 1. The molecule has 2 aromatic heterocycles. The molecule has 0 amide bonds. The number of pyridine rings is 1. The lowest BCUT2D eigenvalue weighted by atomic mass is 10.1. The molecule has 0 saturated heterocycles. The molecule has 1 aromatic carbocycles. The molecule has 0 radical (unpaired) electrons. The molecule has 0 fully saturated rings. The van der Waals surface area contributed by atoms with E-state index < -0.39 is 4.92 Å². The van der Waals surface area contributed by atoms with Crippen molar-refractivity contribution in [3.63, 3.8) is 0 Å². The van der Waals surface area contributed by atoms with Crippen LogP contribution in [0, 0.1) is 21.4 Å². The Morgan fingerprint density at radius 2 is 1.81 bits per heavy atom. The molecule has 9 heteroatoms. The molecule has 0 bridgehead atoms. The highest BCUT2D eigenvalue weighted by Crippen LogP contribution is 2.18. The molecular formula is C18H15N7O2. The largest absolute Gasteiger partial charge is 0.368 e. The highest BCUT2D eigenvalue weighted by atomic mass is 16.6. The zero-order chi connectivity index (χ0) is 19.1. The van der Waals surface area contributed by atoms with Gasteiger partial charge in [0.1, 0.15) is 12.0 Å². The maximum absolute atomic E-state index is 10.6. The van der Waals surface area contributed by atoms with Crippen molar-refractivity contribution in [2.24, 2.45) is 0 Å². The Balaban J connectivity index is 1.54. The lowest BCUT2D eigenvalue weighted by molar-refractivity contribution is -0.385. The first-order chi connectivity index (χ1) is 13.2. The van der Waals surface area contributed by atoms with Gasteiger partial charge < -0.3 is 10.6 Å². The van der Waals surface area contributed by atoms with Crippen molar-refractivity contribution in [1.29, 1.82) is 5.26 Å². The minimum absolute atomic E-state index is 0.0494. The molecule has 0 aliphatic rings. The molecule has 0 atom stereocenters. The molecule has 0 aliphatic heterocycles. The summed E-state index contributed by atoms with van der Waals surface area (Å²) in [5.41, 5.74) is 2.19. The number of anilines is 2. The van der Waals surface area contributed by atoms with E-state index in [1.54, 1.807) is 30.5 Å². The summed E-state index contributed by atoms with van der Waals surface area (Å²) in [6.07, 6.45) is 2.87. The average Bonchev–Trinajstić information content (AvgIpc) is 2.72. The van der Waals surface area contributed by atoms with E-state index in [-0.39, 0.29) is 5.69 Å². The fourth-order valence-electron chi connectivity index (χ4n) is 2.28. The predicted molar refractivity (Wildman–Crippen MR) is 100 cm³/mol. The third kappa shape index (κ3) is 4.73. The molecule has 3 aromatic rings.